The van der Waals surface area contributed by atoms with Gasteiger partial charge in [-0.2, -0.15) is 8.78 Å². The van der Waals surface area contributed by atoms with E-state index in [-0.39, 0.29) is 11.7 Å². The van der Waals surface area contributed by atoms with Crippen molar-refractivity contribution in [3.05, 3.63) is 59.7 Å². The molecule has 154 valence electrons. The number of hydrogen-bond acceptors (Lipinski definition) is 4. The molecule has 29 heavy (non-hydrogen) atoms. The second-order valence-electron chi connectivity index (χ2n) is 7.03. The van der Waals surface area contributed by atoms with Crippen molar-refractivity contribution in [3.8, 4) is 5.75 Å². The SMILES string of the molecule is Cc1cc(NC(=O)/C=C/c2ccccc2OC(F)F)ccc1N1CCN(C)CC1. The number of para-hydroxylation sites is 1. The minimum absolute atomic E-state index is 0.0268. The molecular weight excluding hydrogens is 376 g/mol. The molecule has 1 aliphatic rings. The molecule has 0 atom stereocenters. The van der Waals surface area contributed by atoms with Crippen molar-refractivity contribution < 1.29 is 18.3 Å². The van der Waals surface area contributed by atoms with Gasteiger partial charge < -0.3 is 19.9 Å². The molecule has 1 fully saturated rings. The molecule has 1 heterocycles. The number of ether oxygens (including phenoxy) is 1. The number of hydrogen-bond donors (Lipinski definition) is 1. The molecule has 0 aliphatic carbocycles. The highest BCUT2D eigenvalue weighted by Gasteiger charge is 2.16. The normalized spacial score (nSPS) is 15.1. The van der Waals surface area contributed by atoms with Crippen LogP contribution in [-0.4, -0.2) is 50.6 Å². The zero-order chi connectivity index (χ0) is 20.8. The minimum atomic E-state index is -2.92. The van der Waals surface area contributed by atoms with Crippen molar-refractivity contribution in [1.82, 2.24) is 4.90 Å². The lowest BCUT2D eigenvalue weighted by molar-refractivity contribution is -0.111. The molecular formula is C22H25F2N3O2. The maximum absolute atomic E-state index is 12.5. The van der Waals surface area contributed by atoms with E-state index < -0.39 is 6.61 Å². The van der Waals surface area contributed by atoms with Crippen LogP contribution in [0.15, 0.2) is 48.5 Å². The summed E-state index contributed by atoms with van der Waals surface area (Å²) in [6.45, 7) is 3.12. The Balaban J connectivity index is 1.64. The average molecular weight is 401 g/mol. The number of nitrogens with zero attached hydrogens (tertiary/aromatic N) is 2. The van der Waals surface area contributed by atoms with Crippen LogP contribution in [0.3, 0.4) is 0 Å². The molecule has 7 heteroatoms. The van der Waals surface area contributed by atoms with Crippen LogP contribution in [0.5, 0.6) is 5.75 Å². The Hall–Kier alpha value is -2.93. The van der Waals surface area contributed by atoms with Gasteiger partial charge >= 0.3 is 6.61 Å². The smallest absolute Gasteiger partial charge is 0.387 e. The van der Waals surface area contributed by atoms with Crippen molar-refractivity contribution in [2.24, 2.45) is 0 Å². The molecule has 2 aromatic rings. The Morgan fingerprint density at radius 3 is 2.55 bits per heavy atom. The standard InChI is InChI=1S/C22H25F2N3O2/c1-16-15-18(8-9-19(16)27-13-11-26(2)12-14-27)25-21(28)10-7-17-5-3-4-6-20(17)29-22(23)24/h3-10,15,22H,11-14H2,1-2H3,(H,25,28)/b10-7+. The molecule has 0 aromatic heterocycles. The van der Waals surface area contributed by atoms with Gasteiger partial charge in [-0.05, 0) is 49.9 Å². The number of amides is 1. The molecule has 0 bridgehead atoms. The van der Waals surface area contributed by atoms with Crippen molar-refractivity contribution in [3.63, 3.8) is 0 Å². The lowest BCUT2D eigenvalue weighted by Crippen LogP contribution is -2.44. The summed E-state index contributed by atoms with van der Waals surface area (Å²) >= 11 is 0. The lowest BCUT2D eigenvalue weighted by Gasteiger charge is -2.35. The first-order valence-electron chi connectivity index (χ1n) is 9.49. The van der Waals surface area contributed by atoms with Gasteiger partial charge in [0.2, 0.25) is 5.91 Å². The van der Waals surface area contributed by atoms with E-state index >= 15 is 0 Å². The van der Waals surface area contributed by atoms with Crippen LogP contribution in [0.2, 0.25) is 0 Å². The molecule has 1 saturated heterocycles. The first kappa shape index (κ1) is 20.8. The monoisotopic (exact) mass is 401 g/mol. The van der Waals surface area contributed by atoms with Crippen molar-refractivity contribution in [2.45, 2.75) is 13.5 Å². The van der Waals surface area contributed by atoms with Crippen LogP contribution in [0, 0.1) is 6.92 Å². The average Bonchev–Trinajstić information content (AvgIpc) is 2.68. The number of anilines is 2. The first-order valence-corrected chi connectivity index (χ1v) is 9.49. The van der Waals surface area contributed by atoms with Crippen LogP contribution in [0.4, 0.5) is 20.2 Å². The van der Waals surface area contributed by atoms with E-state index in [4.69, 9.17) is 0 Å². The topological polar surface area (TPSA) is 44.8 Å². The highest BCUT2D eigenvalue weighted by Crippen LogP contribution is 2.25. The molecule has 2 aromatic carbocycles. The quantitative estimate of drug-likeness (QED) is 0.744. The molecule has 3 rings (SSSR count). The molecule has 5 nitrogen and oxygen atoms in total. The van der Waals surface area contributed by atoms with Crippen molar-refractivity contribution >= 4 is 23.4 Å². The zero-order valence-corrected chi connectivity index (χ0v) is 16.6. The van der Waals surface area contributed by atoms with E-state index in [1.165, 1.54) is 23.9 Å². The summed E-state index contributed by atoms with van der Waals surface area (Å²) in [5.74, 6) is -0.317. The molecule has 1 amide bonds. The highest BCUT2D eigenvalue weighted by molar-refractivity contribution is 6.02. The van der Waals surface area contributed by atoms with Crippen molar-refractivity contribution in [1.29, 1.82) is 0 Å². The summed E-state index contributed by atoms with van der Waals surface area (Å²) in [6.07, 6.45) is 2.76. The summed E-state index contributed by atoms with van der Waals surface area (Å²) in [4.78, 5) is 16.9. The summed E-state index contributed by atoms with van der Waals surface area (Å²) < 4.78 is 29.4. The fourth-order valence-corrected chi connectivity index (χ4v) is 3.31. The molecule has 1 N–H and O–H groups in total. The van der Waals surface area contributed by atoms with E-state index in [1.54, 1.807) is 18.2 Å². The number of halogens is 2. The van der Waals surface area contributed by atoms with Gasteiger partial charge in [0.1, 0.15) is 5.75 Å². The number of rotatable bonds is 6. The van der Waals surface area contributed by atoms with Crippen LogP contribution in [0.1, 0.15) is 11.1 Å². The van der Waals surface area contributed by atoms with Crippen LogP contribution < -0.4 is 15.0 Å². The van der Waals surface area contributed by atoms with Crippen LogP contribution in [0.25, 0.3) is 6.08 Å². The minimum Gasteiger partial charge on any atom is -0.434 e. The van der Waals surface area contributed by atoms with Gasteiger partial charge in [-0.1, -0.05) is 18.2 Å². The van der Waals surface area contributed by atoms with Crippen LogP contribution in [-0.2, 0) is 4.79 Å². The van der Waals surface area contributed by atoms with Gasteiger partial charge in [0.15, 0.2) is 0 Å². The summed E-state index contributed by atoms with van der Waals surface area (Å²) in [5, 5.41) is 2.81. The molecule has 0 unspecified atom stereocenters. The lowest BCUT2D eigenvalue weighted by atomic mass is 10.1. The summed E-state index contributed by atoms with van der Waals surface area (Å²) in [7, 11) is 2.12. The van der Waals surface area contributed by atoms with Gasteiger partial charge in [0.05, 0.1) is 0 Å². The molecule has 1 aliphatic heterocycles. The Morgan fingerprint density at radius 1 is 1.14 bits per heavy atom. The van der Waals surface area contributed by atoms with E-state index in [2.05, 4.69) is 26.9 Å². The van der Waals surface area contributed by atoms with E-state index in [0.29, 0.717) is 11.3 Å². The van der Waals surface area contributed by atoms with Gasteiger partial charge in [-0.25, -0.2) is 0 Å². The number of likely N-dealkylation sites (N-methyl/N-ethyl adjacent to an activating group) is 1. The largest absolute Gasteiger partial charge is 0.434 e. The van der Waals surface area contributed by atoms with Gasteiger partial charge in [0.25, 0.3) is 0 Å². The predicted molar refractivity (Wildman–Crippen MR) is 112 cm³/mol. The second-order valence-corrected chi connectivity index (χ2v) is 7.03. The van der Waals surface area contributed by atoms with Gasteiger partial charge in [-0.15, -0.1) is 0 Å². The third kappa shape index (κ3) is 5.77. The van der Waals surface area contributed by atoms with Gasteiger partial charge in [-0.3, -0.25) is 4.79 Å². The van der Waals surface area contributed by atoms with Gasteiger partial charge in [0, 0.05) is 49.2 Å². The number of alkyl halides is 2. The Morgan fingerprint density at radius 2 is 1.86 bits per heavy atom. The predicted octanol–water partition coefficient (Wildman–Crippen LogP) is 4.00. The number of aryl methyl sites for hydroxylation is 1. The third-order valence-corrected chi connectivity index (χ3v) is 4.86. The van der Waals surface area contributed by atoms with E-state index in [9.17, 15) is 13.6 Å². The number of benzene rings is 2. The van der Waals surface area contributed by atoms with E-state index in [1.807, 2.05) is 25.1 Å². The third-order valence-electron chi connectivity index (χ3n) is 4.86. The number of carbonyl (C=O) groups excluding carboxylic acids is 1. The fourth-order valence-electron chi connectivity index (χ4n) is 3.31. The van der Waals surface area contributed by atoms with Crippen molar-refractivity contribution in [2.75, 3.05) is 43.4 Å². The number of carbonyl (C=O) groups is 1. The Labute approximate surface area is 169 Å². The zero-order valence-electron chi connectivity index (χ0n) is 16.6. The Kier molecular flexibility index (Phi) is 6.82. The number of piperazine rings is 1. The maximum atomic E-state index is 12.5. The highest BCUT2D eigenvalue weighted by atomic mass is 19.3. The summed E-state index contributed by atoms with van der Waals surface area (Å²) in [6, 6.07) is 12.2. The molecule has 0 saturated carbocycles. The Bertz CT molecular complexity index is 878. The van der Waals surface area contributed by atoms with E-state index in [0.717, 1.165) is 31.7 Å². The summed E-state index contributed by atoms with van der Waals surface area (Å²) in [5.41, 5.74) is 3.36. The second kappa shape index (κ2) is 9.52. The number of nitrogens with one attached hydrogen (secondary N) is 1. The molecule has 0 radical (unpaired) electrons. The molecule has 0 spiro atoms. The first-order chi connectivity index (χ1) is 13.9. The maximum Gasteiger partial charge on any atom is 0.387 e. The van der Waals surface area contributed by atoms with Crippen LogP contribution >= 0.6 is 0 Å². The fraction of sp³-hybridized carbons (Fsp3) is 0.318.